The Morgan fingerprint density at radius 2 is 2.21 bits per heavy atom. The lowest BCUT2D eigenvalue weighted by molar-refractivity contribution is 0.403. The molecule has 2 heterocycles. The molecule has 0 radical (unpaired) electrons. The Balaban J connectivity index is 2.13. The molecule has 1 aliphatic rings. The fourth-order valence-corrected chi connectivity index (χ4v) is 2.14. The van der Waals surface area contributed by atoms with Crippen LogP contribution in [-0.4, -0.2) is 41.1 Å². The average molecular weight is 257 g/mol. The van der Waals surface area contributed by atoms with Crippen LogP contribution in [0.1, 0.15) is 6.92 Å². The van der Waals surface area contributed by atoms with Crippen LogP contribution in [0.25, 0.3) is 10.8 Å². The third kappa shape index (κ3) is 2.00. The minimum absolute atomic E-state index is 0.188. The van der Waals surface area contributed by atoms with Crippen LogP contribution in [0.2, 0.25) is 0 Å². The summed E-state index contributed by atoms with van der Waals surface area (Å²) in [6.45, 7) is 3.75. The Labute approximate surface area is 110 Å². The van der Waals surface area contributed by atoms with Crippen LogP contribution >= 0.6 is 0 Å². The van der Waals surface area contributed by atoms with Crippen molar-refractivity contribution >= 4 is 28.1 Å². The fourth-order valence-electron chi connectivity index (χ4n) is 2.14. The summed E-state index contributed by atoms with van der Waals surface area (Å²) in [7, 11) is 2.03. The molecular formula is C13H15N5O. The highest BCUT2D eigenvalue weighted by Gasteiger charge is 2.17. The van der Waals surface area contributed by atoms with Crippen LogP contribution in [0.15, 0.2) is 28.0 Å². The highest BCUT2D eigenvalue weighted by atomic mass is 16.1. The lowest BCUT2D eigenvalue weighted by Gasteiger charge is -2.21. The van der Waals surface area contributed by atoms with E-state index in [1.807, 2.05) is 19.2 Å². The van der Waals surface area contributed by atoms with Gasteiger partial charge in [0.1, 0.15) is 5.84 Å². The smallest absolute Gasteiger partial charge is 0.272 e. The molecule has 6 nitrogen and oxygen atoms in total. The van der Waals surface area contributed by atoms with Gasteiger partial charge in [0.05, 0.1) is 23.0 Å². The molecule has 3 rings (SSSR count). The number of aromatic nitrogens is 2. The zero-order chi connectivity index (χ0) is 13.4. The first kappa shape index (κ1) is 11.9. The molecule has 0 saturated carbocycles. The third-order valence-corrected chi connectivity index (χ3v) is 3.28. The summed E-state index contributed by atoms with van der Waals surface area (Å²) in [5.41, 5.74) is 0.701. The first-order chi connectivity index (χ1) is 9.19. The van der Waals surface area contributed by atoms with Crippen LogP contribution in [0, 0.1) is 0 Å². The number of aromatic amines is 1. The maximum atomic E-state index is 11.7. The molecule has 0 unspecified atom stereocenters. The van der Waals surface area contributed by atoms with Gasteiger partial charge >= 0.3 is 0 Å². The molecule has 1 aromatic carbocycles. The normalized spacial score (nSPS) is 13.5. The van der Waals surface area contributed by atoms with Gasteiger partial charge in [0.2, 0.25) is 0 Å². The van der Waals surface area contributed by atoms with Crippen molar-refractivity contribution in [2.24, 2.45) is 4.99 Å². The van der Waals surface area contributed by atoms with Gasteiger partial charge in [-0.25, -0.2) is 10.1 Å². The lowest BCUT2D eigenvalue weighted by Crippen LogP contribution is -2.31. The zero-order valence-corrected chi connectivity index (χ0v) is 10.9. The number of H-pyrrole nitrogens is 1. The predicted octanol–water partition coefficient (Wildman–Crippen LogP) is 1.33. The van der Waals surface area contributed by atoms with Crippen molar-refractivity contribution in [1.29, 1.82) is 0 Å². The fraction of sp³-hybridized carbons (Fsp3) is 0.308. The highest BCUT2D eigenvalue weighted by molar-refractivity contribution is 6.12. The minimum atomic E-state index is -0.188. The van der Waals surface area contributed by atoms with Crippen LogP contribution in [0.3, 0.4) is 0 Å². The van der Waals surface area contributed by atoms with Gasteiger partial charge in [0.25, 0.3) is 5.56 Å². The summed E-state index contributed by atoms with van der Waals surface area (Å²) < 4.78 is 0. The van der Waals surface area contributed by atoms with E-state index in [9.17, 15) is 4.79 Å². The third-order valence-electron chi connectivity index (χ3n) is 3.28. The molecule has 2 aromatic rings. The Bertz CT molecular complexity index is 719. The molecule has 0 bridgehead atoms. The highest BCUT2D eigenvalue weighted by Crippen LogP contribution is 2.31. The number of hydrogen-bond acceptors (Lipinski definition) is 5. The molecule has 1 aliphatic heterocycles. The molecule has 0 saturated heterocycles. The molecule has 1 aromatic heterocycles. The number of nitrogens with zero attached hydrogens (tertiary/aromatic N) is 3. The van der Waals surface area contributed by atoms with Gasteiger partial charge in [0, 0.05) is 0 Å². The lowest BCUT2D eigenvalue weighted by atomic mass is 10.1. The van der Waals surface area contributed by atoms with E-state index in [-0.39, 0.29) is 5.56 Å². The second kappa shape index (κ2) is 4.47. The van der Waals surface area contributed by atoms with Gasteiger partial charge in [-0.05, 0) is 25.7 Å². The maximum absolute atomic E-state index is 11.7. The zero-order valence-electron chi connectivity index (χ0n) is 10.9. The molecule has 2 N–H and O–H groups in total. The van der Waals surface area contributed by atoms with Crippen molar-refractivity contribution in [1.82, 2.24) is 15.1 Å². The Kier molecular flexibility index (Phi) is 2.79. The number of benzene rings is 1. The molecule has 0 aliphatic carbocycles. The van der Waals surface area contributed by atoms with E-state index in [0.29, 0.717) is 17.7 Å². The van der Waals surface area contributed by atoms with Gasteiger partial charge in [0.15, 0.2) is 5.82 Å². The number of nitrogens with one attached hydrogen (secondary N) is 2. The predicted molar refractivity (Wildman–Crippen MR) is 76.3 cm³/mol. The quantitative estimate of drug-likeness (QED) is 0.870. The van der Waals surface area contributed by atoms with E-state index in [4.69, 9.17) is 0 Å². The van der Waals surface area contributed by atoms with Gasteiger partial charge in [-0.15, -0.1) is 0 Å². The molecule has 0 amide bonds. The van der Waals surface area contributed by atoms with Crippen molar-refractivity contribution in [2.45, 2.75) is 6.92 Å². The monoisotopic (exact) mass is 257 g/mol. The molecule has 19 heavy (non-hydrogen) atoms. The molecule has 98 valence electrons. The van der Waals surface area contributed by atoms with Gasteiger partial charge in [-0.2, -0.15) is 5.10 Å². The van der Waals surface area contributed by atoms with Crippen molar-refractivity contribution in [3.8, 4) is 0 Å². The molecule has 0 atom stereocenters. The number of rotatable bonds is 3. The molecule has 0 spiro atoms. The van der Waals surface area contributed by atoms with E-state index in [2.05, 4.69) is 32.3 Å². The topological polar surface area (TPSA) is 73.4 Å². The summed E-state index contributed by atoms with van der Waals surface area (Å²) in [5.74, 6) is 1.41. The van der Waals surface area contributed by atoms with E-state index in [1.165, 1.54) is 0 Å². The Hall–Kier alpha value is -2.21. The maximum Gasteiger partial charge on any atom is 0.272 e. The van der Waals surface area contributed by atoms with E-state index < -0.39 is 0 Å². The molecule has 0 fully saturated rings. The number of aliphatic imine (C=N–C) groups is 1. The number of likely N-dealkylation sites (N-methyl/N-ethyl adjacent to an activating group) is 1. The van der Waals surface area contributed by atoms with Crippen molar-refractivity contribution in [2.75, 3.05) is 25.5 Å². The van der Waals surface area contributed by atoms with Crippen LogP contribution in [0.5, 0.6) is 0 Å². The standard InChI is InChI=1S/C13H15N5O/c1-3-18(2)7-10-14-9-6-4-5-8-11(9)12(15-10)16-17-13(8)19/h4-6H,3,7H2,1-2H3,(H,17,19)(H,14,15,16). The first-order valence-electron chi connectivity index (χ1n) is 6.23. The summed E-state index contributed by atoms with van der Waals surface area (Å²) in [6, 6.07) is 5.58. The number of hydrogen-bond donors (Lipinski definition) is 2. The van der Waals surface area contributed by atoms with Crippen molar-refractivity contribution < 1.29 is 0 Å². The summed E-state index contributed by atoms with van der Waals surface area (Å²) >= 11 is 0. The van der Waals surface area contributed by atoms with Crippen LogP contribution in [-0.2, 0) is 0 Å². The number of anilines is 1. The SMILES string of the molecule is CCN(C)CC1=Nc2n[nH]c(=O)c3cccc(c23)N1. The second-order valence-corrected chi connectivity index (χ2v) is 4.62. The second-order valence-electron chi connectivity index (χ2n) is 4.62. The van der Waals surface area contributed by atoms with Crippen LogP contribution < -0.4 is 10.9 Å². The summed E-state index contributed by atoms with van der Waals surface area (Å²) in [6.07, 6.45) is 0. The largest absolute Gasteiger partial charge is 0.342 e. The van der Waals surface area contributed by atoms with Crippen molar-refractivity contribution in [3.63, 3.8) is 0 Å². The van der Waals surface area contributed by atoms with Gasteiger partial charge in [-0.3, -0.25) is 9.69 Å². The van der Waals surface area contributed by atoms with E-state index >= 15 is 0 Å². The van der Waals surface area contributed by atoms with Gasteiger partial charge < -0.3 is 5.32 Å². The first-order valence-corrected chi connectivity index (χ1v) is 6.23. The van der Waals surface area contributed by atoms with E-state index in [1.54, 1.807) is 6.07 Å². The number of amidine groups is 1. The molecular weight excluding hydrogens is 242 g/mol. The minimum Gasteiger partial charge on any atom is -0.342 e. The summed E-state index contributed by atoms with van der Waals surface area (Å²) in [5, 5.41) is 11.2. The Morgan fingerprint density at radius 3 is 3.00 bits per heavy atom. The summed E-state index contributed by atoms with van der Waals surface area (Å²) in [4.78, 5) is 18.3. The van der Waals surface area contributed by atoms with E-state index in [0.717, 1.165) is 23.5 Å². The average Bonchev–Trinajstić information content (AvgIpc) is 2.42. The van der Waals surface area contributed by atoms with Crippen LogP contribution in [0.4, 0.5) is 11.5 Å². The molecule has 6 heteroatoms. The Morgan fingerprint density at radius 1 is 1.37 bits per heavy atom. The van der Waals surface area contributed by atoms with Gasteiger partial charge in [-0.1, -0.05) is 13.0 Å². The van der Waals surface area contributed by atoms with Crippen molar-refractivity contribution in [3.05, 3.63) is 28.6 Å².